The second-order valence-electron chi connectivity index (χ2n) is 3.75. The van der Waals surface area contributed by atoms with E-state index >= 15 is 0 Å². The van der Waals surface area contributed by atoms with Gasteiger partial charge < -0.3 is 10.5 Å². The molecular formula is C14H14ClNO. The van der Waals surface area contributed by atoms with Crippen molar-refractivity contribution < 1.29 is 4.74 Å². The first-order chi connectivity index (χ1) is 8.20. The van der Waals surface area contributed by atoms with Crippen LogP contribution in [0.15, 0.2) is 42.5 Å². The van der Waals surface area contributed by atoms with Crippen molar-refractivity contribution in [3.05, 3.63) is 53.1 Å². The summed E-state index contributed by atoms with van der Waals surface area (Å²) < 4.78 is 5.80. The lowest BCUT2D eigenvalue weighted by Crippen LogP contribution is -1.91. The molecule has 0 radical (unpaired) electrons. The Hall–Kier alpha value is -1.67. The number of halogens is 1. The van der Waals surface area contributed by atoms with Gasteiger partial charge in [-0.25, -0.2) is 0 Å². The number of nitrogens with two attached hydrogens (primary N) is 1. The molecule has 2 aromatic carbocycles. The zero-order valence-corrected chi connectivity index (χ0v) is 10.4. The molecule has 0 atom stereocenters. The molecule has 2 aromatic rings. The largest absolute Gasteiger partial charge is 0.456 e. The number of anilines is 1. The predicted octanol–water partition coefficient (Wildman–Crippen LogP) is 4.28. The Bertz CT molecular complexity index is 525. The van der Waals surface area contributed by atoms with Crippen LogP contribution in [0.1, 0.15) is 12.5 Å². The molecule has 2 rings (SSSR count). The van der Waals surface area contributed by atoms with Gasteiger partial charge in [-0.2, -0.15) is 0 Å². The monoisotopic (exact) mass is 247 g/mol. The lowest BCUT2D eigenvalue weighted by molar-refractivity contribution is 0.477. The van der Waals surface area contributed by atoms with Gasteiger partial charge in [0, 0.05) is 5.69 Å². The Kier molecular flexibility index (Phi) is 3.55. The molecule has 0 aliphatic carbocycles. The lowest BCUT2D eigenvalue weighted by atomic mass is 10.1. The average Bonchev–Trinajstić information content (AvgIpc) is 2.33. The minimum atomic E-state index is 0.524. The molecule has 2 nitrogen and oxygen atoms in total. The Morgan fingerprint density at radius 2 is 1.88 bits per heavy atom. The summed E-state index contributed by atoms with van der Waals surface area (Å²) in [5.41, 5.74) is 7.42. The van der Waals surface area contributed by atoms with E-state index in [-0.39, 0.29) is 0 Å². The quantitative estimate of drug-likeness (QED) is 0.822. The summed E-state index contributed by atoms with van der Waals surface area (Å²) in [6, 6.07) is 13.2. The zero-order valence-electron chi connectivity index (χ0n) is 9.61. The molecule has 0 saturated carbocycles. The van der Waals surface area contributed by atoms with Crippen LogP contribution in [-0.2, 0) is 6.42 Å². The minimum Gasteiger partial charge on any atom is -0.456 e. The smallest absolute Gasteiger partial charge is 0.146 e. The summed E-state index contributed by atoms with van der Waals surface area (Å²) in [6.45, 7) is 2.09. The van der Waals surface area contributed by atoms with Crippen LogP contribution in [0.5, 0.6) is 11.5 Å². The van der Waals surface area contributed by atoms with E-state index in [1.807, 2.05) is 24.3 Å². The third-order valence-corrected chi connectivity index (χ3v) is 2.82. The topological polar surface area (TPSA) is 35.2 Å². The fourth-order valence-electron chi connectivity index (χ4n) is 1.61. The number of nitrogen functional groups attached to an aromatic ring is 1. The number of aryl methyl sites for hydroxylation is 1. The summed E-state index contributed by atoms with van der Waals surface area (Å²) in [4.78, 5) is 0. The molecule has 0 amide bonds. The van der Waals surface area contributed by atoms with Crippen molar-refractivity contribution >= 4 is 17.3 Å². The van der Waals surface area contributed by atoms with Crippen LogP contribution in [0.25, 0.3) is 0 Å². The van der Waals surface area contributed by atoms with E-state index < -0.39 is 0 Å². The molecule has 0 aliphatic rings. The SMILES string of the molecule is CCc1ccccc1Oc1ccc(N)cc1Cl. The maximum absolute atomic E-state index is 6.07. The van der Waals surface area contributed by atoms with E-state index in [2.05, 4.69) is 6.92 Å². The third-order valence-electron chi connectivity index (χ3n) is 2.53. The van der Waals surface area contributed by atoms with Crippen molar-refractivity contribution in [1.29, 1.82) is 0 Å². The van der Waals surface area contributed by atoms with E-state index in [9.17, 15) is 0 Å². The van der Waals surface area contributed by atoms with Crippen LogP contribution >= 0.6 is 11.6 Å². The molecule has 0 bridgehead atoms. The maximum atomic E-state index is 6.07. The van der Waals surface area contributed by atoms with Gasteiger partial charge in [-0.05, 0) is 36.2 Å². The number of para-hydroxylation sites is 1. The van der Waals surface area contributed by atoms with Gasteiger partial charge in [-0.1, -0.05) is 36.7 Å². The fourth-order valence-corrected chi connectivity index (χ4v) is 1.84. The van der Waals surface area contributed by atoms with Crippen LogP contribution in [0, 0.1) is 0 Å². The van der Waals surface area contributed by atoms with E-state index in [4.69, 9.17) is 22.1 Å². The van der Waals surface area contributed by atoms with Crippen molar-refractivity contribution in [2.45, 2.75) is 13.3 Å². The number of hydrogen-bond acceptors (Lipinski definition) is 2. The van der Waals surface area contributed by atoms with E-state index in [0.717, 1.165) is 17.7 Å². The van der Waals surface area contributed by atoms with Crippen molar-refractivity contribution in [2.75, 3.05) is 5.73 Å². The molecule has 17 heavy (non-hydrogen) atoms. The Balaban J connectivity index is 2.31. The predicted molar refractivity (Wildman–Crippen MR) is 71.8 cm³/mol. The molecule has 0 fully saturated rings. The van der Waals surface area contributed by atoms with Crippen LogP contribution < -0.4 is 10.5 Å². The highest BCUT2D eigenvalue weighted by Crippen LogP contribution is 2.32. The highest BCUT2D eigenvalue weighted by atomic mass is 35.5. The minimum absolute atomic E-state index is 0.524. The first kappa shape index (κ1) is 11.8. The van der Waals surface area contributed by atoms with Crippen molar-refractivity contribution in [3.63, 3.8) is 0 Å². The summed E-state index contributed by atoms with van der Waals surface area (Å²) in [5, 5.41) is 0.524. The number of hydrogen-bond donors (Lipinski definition) is 1. The summed E-state index contributed by atoms with van der Waals surface area (Å²) in [6.07, 6.45) is 0.919. The summed E-state index contributed by atoms with van der Waals surface area (Å²) in [7, 11) is 0. The van der Waals surface area contributed by atoms with Gasteiger partial charge in [0.1, 0.15) is 11.5 Å². The molecule has 0 aromatic heterocycles. The van der Waals surface area contributed by atoms with Gasteiger partial charge >= 0.3 is 0 Å². The van der Waals surface area contributed by atoms with Gasteiger partial charge in [-0.3, -0.25) is 0 Å². The molecule has 0 saturated heterocycles. The molecule has 88 valence electrons. The zero-order chi connectivity index (χ0) is 12.3. The summed E-state index contributed by atoms with van der Waals surface area (Å²) >= 11 is 6.07. The summed E-state index contributed by atoms with van der Waals surface area (Å²) in [5.74, 6) is 1.46. The van der Waals surface area contributed by atoms with E-state index in [1.54, 1.807) is 18.2 Å². The Labute approximate surface area is 106 Å². The molecule has 0 aliphatic heterocycles. The molecule has 0 spiro atoms. The maximum Gasteiger partial charge on any atom is 0.146 e. The van der Waals surface area contributed by atoms with E-state index in [1.165, 1.54) is 0 Å². The van der Waals surface area contributed by atoms with E-state index in [0.29, 0.717) is 16.5 Å². The molecular weight excluding hydrogens is 234 g/mol. The number of benzene rings is 2. The second-order valence-corrected chi connectivity index (χ2v) is 4.16. The van der Waals surface area contributed by atoms with Gasteiger partial charge in [0.15, 0.2) is 0 Å². The lowest BCUT2D eigenvalue weighted by Gasteiger charge is -2.11. The van der Waals surface area contributed by atoms with Crippen LogP contribution in [0.2, 0.25) is 5.02 Å². The van der Waals surface area contributed by atoms with Gasteiger partial charge in [0.05, 0.1) is 5.02 Å². The van der Waals surface area contributed by atoms with Crippen molar-refractivity contribution in [2.24, 2.45) is 0 Å². The average molecular weight is 248 g/mol. The molecule has 3 heteroatoms. The van der Waals surface area contributed by atoms with Crippen molar-refractivity contribution in [1.82, 2.24) is 0 Å². The highest BCUT2D eigenvalue weighted by Gasteiger charge is 2.06. The van der Waals surface area contributed by atoms with Crippen LogP contribution in [0.3, 0.4) is 0 Å². The number of ether oxygens (including phenoxy) is 1. The highest BCUT2D eigenvalue weighted by molar-refractivity contribution is 6.32. The first-order valence-corrected chi connectivity index (χ1v) is 5.89. The Morgan fingerprint density at radius 3 is 2.59 bits per heavy atom. The van der Waals surface area contributed by atoms with Gasteiger partial charge in [0.25, 0.3) is 0 Å². The van der Waals surface area contributed by atoms with Gasteiger partial charge in [-0.15, -0.1) is 0 Å². The van der Waals surface area contributed by atoms with Crippen LogP contribution in [0.4, 0.5) is 5.69 Å². The van der Waals surface area contributed by atoms with Gasteiger partial charge in [0.2, 0.25) is 0 Å². The fraction of sp³-hybridized carbons (Fsp3) is 0.143. The van der Waals surface area contributed by atoms with Crippen molar-refractivity contribution in [3.8, 4) is 11.5 Å². The normalized spacial score (nSPS) is 10.2. The number of rotatable bonds is 3. The standard InChI is InChI=1S/C14H14ClNO/c1-2-10-5-3-4-6-13(10)17-14-8-7-11(16)9-12(14)15/h3-9H,2,16H2,1H3. The first-order valence-electron chi connectivity index (χ1n) is 5.51. The third kappa shape index (κ3) is 2.71. The van der Waals surface area contributed by atoms with Crippen LogP contribution in [-0.4, -0.2) is 0 Å². The molecule has 2 N–H and O–H groups in total. The molecule has 0 heterocycles. The molecule has 0 unspecified atom stereocenters. The second kappa shape index (κ2) is 5.11. The Morgan fingerprint density at radius 1 is 1.12 bits per heavy atom.